The van der Waals surface area contributed by atoms with Gasteiger partial charge in [-0.1, -0.05) is 36.7 Å². The number of nitrogens with two attached hydrogens (primary N) is 1. The zero-order valence-electron chi connectivity index (χ0n) is 17.7. The van der Waals surface area contributed by atoms with E-state index in [2.05, 4.69) is 41.6 Å². The van der Waals surface area contributed by atoms with Crippen molar-refractivity contribution in [1.29, 1.82) is 0 Å². The fraction of sp³-hybridized carbons (Fsp3) is 0.545. The number of ether oxygens (including phenoxy) is 2. The van der Waals surface area contributed by atoms with Crippen LogP contribution in [0.1, 0.15) is 40.0 Å². The summed E-state index contributed by atoms with van der Waals surface area (Å²) in [4.78, 5) is 25.4. The molecule has 2 aromatic rings. The predicted molar refractivity (Wildman–Crippen MR) is 119 cm³/mol. The monoisotopic (exact) mass is 480 g/mol. The SMILES string of the molecule is CC(C)(C)C1CC(OC(N)=O)CCN1CCCOc1cc(=O)oc2cc(Br)ccc12. The second-order valence-corrected chi connectivity index (χ2v) is 9.69. The van der Waals surface area contributed by atoms with Crippen LogP contribution in [0.15, 0.2) is 37.9 Å². The highest BCUT2D eigenvalue weighted by Crippen LogP contribution is 2.33. The van der Waals surface area contributed by atoms with Gasteiger partial charge >= 0.3 is 11.7 Å². The summed E-state index contributed by atoms with van der Waals surface area (Å²) in [6, 6.07) is 7.19. The van der Waals surface area contributed by atoms with Gasteiger partial charge in [-0.3, -0.25) is 4.90 Å². The van der Waals surface area contributed by atoms with Crippen molar-refractivity contribution in [3.05, 3.63) is 39.2 Å². The fourth-order valence-corrected chi connectivity index (χ4v) is 4.44. The lowest BCUT2D eigenvalue weighted by Gasteiger charge is -2.45. The normalized spacial score (nSPS) is 20.3. The Kier molecular flexibility index (Phi) is 7.08. The van der Waals surface area contributed by atoms with Crippen molar-refractivity contribution < 1.29 is 18.7 Å². The van der Waals surface area contributed by atoms with Crippen LogP contribution in [-0.2, 0) is 4.74 Å². The van der Waals surface area contributed by atoms with Crippen molar-refractivity contribution in [2.24, 2.45) is 11.1 Å². The van der Waals surface area contributed by atoms with Crippen LogP contribution in [0, 0.1) is 5.41 Å². The number of benzene rings is 1. The molecule has 1 saturated heterocycles. The van der Waals surface area contributed by atoms with Crippen molar-refractivity contribution in [2.75, 3.05) is 19.7 Å². The second kappa shape index (κ2) is 9.39. The molecule has 164 valence electrons. The van der Waals surface area contributed by atoms with Crippen molar-refractivity contribution in [3.8, 4) is 5.75 Å². The summed E-state index contributed by atoms with van der Waals surface area (Å²) in [6.45, 7) is 8.77. The Morgan fingerprint density at radius 1 is 1.33 bits per heavy atom. The third-order valence-electron chi connectivity index (χ3n) is 5.46. The topological polar surface area (TPSA) is 95.0 Å². The van der Waals surface area contributed by atoms with Crippen LogP contribution >= 0.6 is 15.9 Å². The minimum Gasteiger partial charge on any atom is -0.492 e. The zero-order valence-corrected chi connectivity index (χ0v) is 19.2. The molecule has 1 aliphatic rings. The molecule has 0 spiro atoms. The number of carbonyl (C=O) groups excluding carboxylic acids is 1. The molecule has 3 rings (SSSR count). The number of likely N-dealkylation sites (tertiary alicyclic amines) is 1. The number of carbonyl (C=O) groups is 1. The van der Waals surface area contributed by atoms with Crippen LogP contribution in [0.25, 0.3) is 11.0 Å². The van der Waals surface area contributed by atoms with E-state index in [1.807, 2.05) is 12.1 Å². The first-order valence-electron chi connectivity index (χ1n) is 10.2. The van der Waals surface area contributed by atoms with Crippen LogP contribution in [0.5, 0.6) is 5.75 Å². The third-order valence-corrected chi connectivity index (χ3v) is 5.96. The molecule has 1 aromatic heterocycles. The van der Waals surface area contributed by atoms with E-state index in [1.54, 1.807) is 6.07 Å². The van der Waals surface area contributed by atoms with Crippen molar-refractivity contribution in [1.82, 2.24) is 4.90 Å². The Labute approximate surface area is 184 Å². The lowest BCUT2D eigenvalue weighted by Crippen LogP contribution is -2.52. The van der Waals surface area contributed by atoms with E-state index >= 15 is 0 Å². The molecule has 30 heavy (non-hydrogen) atoms. The molecule has 0 aliphatic carbocycles. The number of nitrogens with zero attached hydrogens (tertiary/aromatic N) is 1. The van der Waals surface area contributed by atoms with Gasteiger partial charge in [0.25, 0.3) is 0 Å². The van der Waals surface area contributed by atoms with Gasteiger partial charge in [-0.15, -0.1) is 0 Å². The number of primary amides is 1. The molecule has 2 N–H and O–H groups in total. The van der Waals surface area contributed by atoms with Gasteiger partial charge in [0, 0.05) is 30.0 Å². The van der Waals surface area contributed by atoms with Gasteiger partial charge in [0.2, 0.25) is 0 Å². The molecule has 2 atom stereocenters. The minimum atomic E-state index is -0.707. The number of amides is 1. The van der Waals surface area contributed by atoms with Gasteiger partial charge in [-0.25, -0.2) is 9.59 Å². The first-order valence-corrected chi connectivity index (χ1v) is 11.0. The first-order chi connectivity index (χ1) is 14.1. The maximum atomic E-state index is 11.8. The zero-order chi connectivity index (χ0) is 21.9. The number of rotatable bonds is 6. The van der Waals surface area contributed by atoms with E-state index in [4.69, 9.17) is 19.6 Å². The van der Waals surface area contributed by atoms with Crippen LogP contribution in [-0.4, -0.2) is 42.8 Å². The molecule has 1 amide bonds. The second-order valence-electron chi connectivity index (χ2n) is 8.77. The quantitative estimate of drug-likeness (QED) is 0.489. The molecule has 2 unspecified atom stereocenters. The number of hydrogen-bond donors (Lipinski definition) is 1. The van der Waals surface area contributed by atoms with Crippen LogP contribution < -0.4 is 16.1 Å². The van der Waals surface area contributed by atoms with Crippen molar-refractivity contribution in [3.63, 3.8) is 0 Å². The number of hydrogen-bond acceptors (Lipinski definition) is 6. The molecule has 0 saturated carbocycles. The van der Waals surface area contributed by atoms with Crippen molar-refractivity contribution >= 4 is 33.0 Å². The molecule has 0 bridgehead atoms. The maximum absolute atomic E-state index is 11.8. The van der Waals surface area contributed by atoms with E-state index in [1.165, 1.54) is 6.07 Å². The largest absolute Gasteiger partial charge is 0.492 e. The number of halogens is 1. The Hall–Kier alpha value is -2.06. The summed E-state index contributed by atoms with van der Waals surface area (Å²) in [6.07, 6.45) is 1.52. The molecule has 0 radical (unpaired) electrons. The lowest BCUT2D eigenvalue weighted by molar-refractivity contribution is -0.0121. The van der Waals surface area contributed by atoms with E-state index in [9.17, 15) is 9.59 Å². The molecular weight excluding hydrogens is 452 g/mol. The summed E-state index contributed by atoms with van der Waals surface area (Å²) >= 11 is 3.39. The molecule has 8 heteroatoms. The molecular formula is C22H29BrN2O5. The summed E-state index contributed by atoms with van der Waals surface area (Å²) in [7, 11) is 0. The summed E-state index contributed by atoms with van der Waals surface area (Å²) in [5.41, 5.74) is 5.31. The van der Waals surface area contributed by atoms with Crippen LogP contribution in [0.2, 0.25) is 0 Å². The third kappa shape index (κ3) is 5.76. The fourth-order valence-electron chi connectivity index (χ4n) is 4.10. The molecule has 1 aromatic carbocycles. The summed E-state index contributed by atoms with van der Waals surface area (Å²) in [5.74, 6) is 0.537. The van der Waals surface area contributed by atoms with Gasteiger partial charge in [0.05, 0.1) is 18.1 Å². The molecule has 1 fully saturated rings. The average Bonchev–Trinajstić information content (AvgIpc) is 2.64. The number of piperidine rings is 1. The Bertz CT molecular complexity index is 953. The Morgan fingerprint density at radius 2 is 2.10 bits per heavy atom. The van der Waals surface area contributed by atoms with E-state index in [-0.39, 0.29) is 17.6 Å². The molecule has 1 aliphatic heterocycles. The lowest BCUT2D eigenvalue weighted by atomic mass is 9.79. The standard InChI is InChI=1S/C22H29BrN2O5/c1-22(2,3)19-12-15(29-21(24)27)7-9-25(19)8-4-10-28-17-13-20(26)30-18-11-14(23)5-6-16(17)18/h5-6,11,13,15,19H,4,7-10,12H2,1-3H3,(H2,24,27). The molecule has 7 nitrogen and oxygen atoms in total. The highest BCUT2D eigenvalue weighted by atomic mass is 79.9. The van der Waals surface area contributed by atoms with Gasteiger partial charge in [0.1, 0.15) is 17.4 Å². The van der Waals surface area contributed by atoms with E-state index in [0.717, 1.165) is 42.2 Å². The highest BCUT2D eigenvalue weighted by molar-refractivity contribution is 9.10. The van der Waals surface area contributed by atoms with Gasteiger partial charge < -0.3 is 19.6 Å². The summed E-state index contributed by atoms with van der Waals surface area (Å²) in [5, 5.41) is 0.773. The maximum Gasteiger partial charge on any atom is 0.404 e. The Morgan fingerprint density at radius 3 is 2.80 bits per heavy atom. The Balaban J connectivity index is 1.60. The number of fused-ring (bicyclic) bond motifs is 1. The van der Waals surface area contributed by atoms with E-state index < -0.39 is 11.7 Å². The van der Waals surface area contributed by atoms with Gasteiger partial charge in [-0.2, -0.15) is 0 Å². The first kappa shape index (κ1) is 22.6. The smallest absolute Gasteiger partial charge is 0.404 e. The van der Waals surface area contributed by atoms with Crippen molar-refractivity contribution in [2.45, 2.75) is 52.2 Å². The van der Waals surface area contributed by atoms with Gasteiger partial charge in [0.15, 0.2) is 0 Å². The van der Waals surface area contributed by atoms with Crippen LogP contribution in [0.4, 0.5) is 4.79 Å². The average molecular weight is 481 g/mol. The van der Waals surface area contributed by atoms with Gasteiger partial charge in [-0.05, 0) is 36.5 Å². The molecule has 2 heterocycles. The van der Waals surface area contributed by atoms with E-state index in [0.29, 0.717) is 17.9 Å². The predicted octanol–water partition coefficient (Wildman–Crippen LogP) is 4.30. The highest BCUT2D eigenvalue weighted by Gasteiger charge is 2.37. The summed E-state index contributed by atoms with van der Waals surface area (Å²) < 4.78 is 17.3. The minimum absolute atomic E-state index is 0.0442. The van der Waals surface area contributed by atoms with Crippen LogP contribution in [0.3, 0.4) is 0 Å².